The van der Waals surface area contributed by atoms with Gasteiger partial charge in [0.2, 0.25) is 0 Å². The molecule has 84 valence electrons. The van der Waals surface area contributed by atoms with Crippen molar-refractivity contribution in [2.75, 3.05) is 0 Å². The quantitative estimate of drug-likeness (QED) is 0.784. The van der Waals surface area contributed by atoms with E-state index >= 15 is 0 Å². The first kappa shape index (κ1) is 12.6. The van der Waals surface area contributed by atoms with E-state index in [4.69, 9.17) is 5.73 Å². The Morgan fingerprint density at radius 3 is 2.13 bits per heavy atom. The van der Waals surface area contributed by atoms with Crippen molar-refractivity contribution in [2.45, 2.75) is 49.8 Å². The molecule has 0 aliphatic rings. The van der Waals surface area contributed by atoms with Crippen molar-refractivity contribution in [2.24, 2.45) is 5.73 Å². The molecule has 0 radical (unpaired) electrons. The lowest BCUT2D eigenvalue weighted by molar-refractivity contribution is 0.698. The smallest absolute Gasteiger partial charge is 0.0292 e. The van der Waals surface area contributed by atoms with E-state index in [0.717, 1.165) is 6.42 Å². The maximum Gasteiger partial charge on any atom is 0.0292 e. The van der Waals surface area contributed by atoms with E-state index in [1.54, 1.807) is 0 Å². The van der Waals surface area contributed by atoms with E-state index in [1.165, 1.54) is 10.5 Å². The van der Waals surface area contributed by atoms with Gasteiger partial charge in [-0.25, -0.2) is 0 Å². The SMILES string of the molecule is CC[C@H](N)c1ccc(SC(C)(C)C)cc1. The van der Waals surface area contributed by atoms with Gasteiger partial charge in [-0.2, -0.15) is 0 Å². The Balaban J connectivity index is 2.72. The van der Waals surface area contributed by atoms with Crippen molar-refractivity contribution in [3.05, 3.63) is 29.8 Å². The predicted molar refractivity (Wildman–Crippen MR) is 69.3 cm³/mol. The summed E-state index contributed by atoms with van der Waals surface area (Å²) in [6, 6.07) is 8.80. The highest BCUT2D eigenvalue weighted by Crippen LogP contribution is 2.32. The lowest BCUT2D eigenvalue weighted by Gasteiger charge is -2.18. The minimum Gasteiger partial charge on any atom is -0.324 e. The second-order valence-corrected chi connectivity index (χ2v) is 6.70. The van der Waals surface area contributed by atoms with Crippen molar-refractivity contribution in [3.8, 4) is 0 Å². The van der Waals surface area contributed by atoms with Crippen LogP contribution in [0, 0.1) is 0 Å². The summed E-state index contributed by atoms with van der Waals surface area (Å²) in [6.07, 6.45) is 0.992. The van der Waals surface area contributed by atoms with Gasteiger partial charge in [-0.1, -0.05) is 39.8 Å². The minimum atomic E-state index is 0.179. The monoisotopic (exact) mass is 223 g/mol. The molecule has 0 heterocycles. The average molecular weight is 223 g/mol. The highest BCUT2D eigenvalue weighted by molar-refractivity contribution is 8.00. The Morgan fingerprint density at radius 2 is 1.73 bits per heavy atom. The maximum absolute atomic E-state index is 5.96. The molecule has 2 heteroatoms. The topological polar surface area (TPSA) is 26.0 Å². The first-order valence-electron chi connectivity index (χ1n) is 5.47. The number of thioether (sulfide) groups is 1. The third-order valence-corrected chi connectivity index (χ3v) is 3.29. The molecule has 1 nitrogen and oxygen atoms in total. The van der Waals surface area contributed by atoms with Crippen LogP contribution in [0.4, 0.5) is 0 Å². The highest BCUT2D eigenvalue weighted by atomic mass is 32.2. The van der Waals surface area contributed by atoms with Gasteiger partial charge in [-0.3, -0.25) is 0 Å². The number of nitrogens with two attached hydrogens (primary N) is 1. The Bertz CT molecular complexity index is 297. The third kappa shape index (κ3) is 4.27. The molecule has 0 saturated carbocycles. The molecule has 0 aliphatic heterocycles. The summed E-state index contributed by atoms with van der Waals surface area (Å²) in [5.74, 6) is 0. The zero-order valence-electron chi connectivity index (χ0n) is 10.1. The molecule has 0 amide bonds. The van der Waals surface area contributed by atoms with Gasteiger partial charge in [0.25, 0.3) is 0 Å². The molecule has 0 spiro atoms. The molecular weight excluding hydrogens is 202 g/mol. The van der Waals surface area contributed by atoms with Crippen LogP contribution in [0.15, 0.2) is 29.2 Å². The van der Waals surface area contributed by atoms with Crippen LogP contribution in [0.1, 0.15) is 45.7 Å². The zero-order chi connectivity index (χ0) is 11.5. The predicted octanol–water partition coefficient (Wildman–Crippen LogP) is 3.99. The molecule has 2 N–H and O–H groups in total. The average Bonchev–Trinajstić information content (AvgIpc) is 2.15. The summed E-state index contributed by atoms with van der Waals surface area (Å²) >= 11 is 1.89. The van der Waals surface area contributed by atoms with Gasteiger partial charge in [0.1, 0.15) is 0 Å². The number of hydrogen-bond donors (Lipinski definition) is 1. The van der Waals surface area contributed by atoms with Gasteiger partial charge in [0, 0.05) is 15.7 Å². The summed E-state index contributed by atoms with van der Waals surface area (Å²) in [5, 5.41) is 0. The molecule has 0 unspecified atom stereocenters. The summed E-state index contributed by atoms with van der Waals surface area (Å²) in [4.78, 5) is 1.31. The Morgan fingerprint density at radius 1 is 1.20 bits per heavy atom. The normalized spacial score (nSPS) is 13.9. The molecule has 0 aliphatic carbocycles. The molecule has 1 aromatic rings. The van der Waals surface area contributed by atoms with Crippen LogP contribution in [0.3, 0.4) is 0 Å². The molecule has 15 heavy (non-hydrogen) atoms. The van der Waals surface area contributed by atoms with Gasteiger partial charge in [-0.05, 0) is 24.1 Å². The van der Waals surface area contributed by atoms with Gasteiger partial charge in [-0.15, -0.1) is 11.8 Å². The number of hydrogen-bond acceptors (Lipinski definition) is 2. The first-order chi connectivity index (χ1) is 6.92. The largest absolute Gasteiger partial charge is 0.324 e. The summed E-state index contributed by atoms with van der Waals surface area (Å²) < 4.78 is 0.272. The van der Waals surface area contributed by atoms with Crippen LogP contribution in [0.2, 0.25) is 0 Å². The minimum absolute atomic E-state index is 0.179. The second kappa shape index (κ2) is 5.04. The molecule has 0 saturated heterocycles. The van der Waals surface area contributed by atoms with E-state index < -0.39 is 0 Å². The van der Waals surface area contributed by atoms with E-state index in [9.17, 15) is 0 Å². The van der Waals surface area contributed by atoms with Crippen molar-refractivity contribution in [1.29, 1.82) is 0 Å². The van der Waals surface area contributed by atoms with Crippen molar-refractivity contribution < 1.29 is 0 Å². The highest BCUT2D eigenvalue weighted by Gasteiger charge is 2.12. The summed E-state index contributed by atoms with van der Waals surface area (Å²) in [7, 11) is 0. The van der Waals surface area contributed by atoms with Crippen LogP contribution in [0.5, 0.6) is 0 Å². The molecule has 1 atom stereocenters. The second-order valence-electron chi connectivity index (χ2n) is 4.80. The maximum atomic E-state index is 5.96. The van der Waals surface area contributed by atoms with Crippen molar-refractivity contribution >= 4 is 11.8 Å². The van der Waals surface area contributed by atoms with Gasteiger partial charge < -0.3 is 5.73 Å². The van der Waals surface area contributed by atoms with Crippen molar-refractivity contribution in [1.82, 2.24) is 0 Å². The van der Waals surface area contributed by atoms with Gasteiger partial charge in [0.15, 0.2) is 0 Å². The summed E-state index contributed by atoms with van der Waals surface area (Å²) in [6.45, 7) is 8.79. The lowest BCUT2D eigenvalue weighted by Crippen LogP contribution is -2.09. The lowest BCUT2D eigenvalue weighted by atomic mass is 10.1. The molecule has 1 rings (SSSR count). The van der Waals surface area contributed by atoms with Crippen molar-refractivity contribution in [3.63, 3.8) is 0 Å². The standard InChI is InChI=1S/C13H21NS/c1-5-12(14)10-6-8-11(9-7-10)15-13(2,3)4/h6-9,12H,5,14H2,1-4H3/t12-/m0/s1. The van der Waals surface area contributed by atoms with Gasteiger partial charge >= 0.3 is 0 Å². The fourth-order valence-electron chi connectivity index (χ4n) is 1.37. The van der Waals surface area contributed by atoms with E-state index in [2.05, 4.69) is 52.0 Å². The van der Waals surface area contributed by atoms with Gasteiger partial charge in [0.05, 0.1) is 0 Å². The fraction of sp³-hybridized carbons (Fsp3) is 0.538. The van der Waals surface area contributed by atoms with Crippen LogP contribution in [-0.4, -0.2) is 4.75 Å². The number of benzene rings is 1. The van der Waals surface area contributed by atoms with Crippen LogP contribution < -0.4 is 5.73 Å². The molecule has 0 fully saturated rings. The first-order valence-corrected chi connectivity index (χ1v) is 6.28. The van der Waals surface area contributed by atoms with Crippen LogP contribution in [-0.2, 0) is 0 Å². The molecule has 0 bridgehead atoms. The molecular formula is C13H21NS. The molecule has 1 aromatic carbocycles. The zero-order valence-corrected chi connectivity index (χ0v) is 10.9. The van der Waals surface area contributed by atoms with E-state index in [1.807, 2.05) is 11.8 Å². The Labute approximate surface area is 97.4 Å². The van der Waals surface area contributed by atoms with Crippen LogP contribution >= 0.6 is 11.8 Å². The number of rotatable bonds is 3. The van der Waals surface area contributed by atoms with Crippen LogP contribution in [0.25, 0.3) is 0 Å². The Hall–Kier alpha value is -0.470. The van der Waals surface area contributed by atoms with E-state index in [0.29, 0.717) is 0 Å². The summed E-state index contributed by atoms with van der Waals surface area (Å²) in [5.41, 5.74) is 7.20. The third-order valence-electron chi connectivity index (χ3n) is 2.17. The van der Waals surface area contributed by atoms with E-state index in [-0.39, 0.29) is 10.8 Å². The fourth-order valence-corrected chi connectivity index (χ4v) is 2.35. The Kier molecular flexibility index (Phi) is 4.23. The molecule has 0 aromatic heterocycles.